The molecule has 1 aliphatic rings. The van der Waals surface area contributed by atoms with Crippen molar-refractivity contribution < 1.29 is 4.74 Å². The van der Waals surface area contributed by atoms with Crippen LogP contribution in [0.3, 0.4) is 0 Å². The molecular weight excluding hydrogens is 152 g/mol. The minimum absolute atomic E-state index is 0.560. The highest BCUT2D eigenvalue weighted by molar-refractivity contribution is 5.64. The Morgan fingerprint density at radius 2 is 2.50 bits per heavy atom. The predicted octanol–water partition coefficient (Wildman–Crippen LogP) is 0.798. The molecular formula is C9H18N2O. The van der Waals surface area contributed by atoms with Gasteiger partial charge in [-0.25, -0.2) is 0 Å². The third-order valence-corrected chi connectivity index (χ3v) is 2.32. The van der Waals surface area contributed by atoms with E-state index < -0.39 is 0 Å². The molecule has 1 unspecified atom stereocenters. The van der Waals surface area contributed by atoms with Gasteiger partial charge in [-0.3, -0.25) is 9.89 Å². The minimum atomic E-state index is 0.560. The first-order chi connectivity index (χ1) is 5.88. The molecule has 0 aromatic carbocycles. The van der Waals surface area contributed by atoms with Gasteiger partial charge >= 0.3 is 0 Å². The van der Waals surface area contributed by atoms with Crippen LogP contribution in [-0.2, 0) is 4.74 Å². The first kappa shape index (κ1) is 9.68. The summed E-state index contributed by atoms with van der Waals surface area (Å²) in [7, 11) is 3.59. The van der Waals surface area contributed by atoms with Crippen molar-refractivity contribution in [3.8, 4) is 0 Å². The highest BCUT2D eigenvalue weighted by Gasteiger charge is 2.21. The van der Waals surface area contributed by atoms with E-state index in [-0.39, 0.29) is 0 Å². The van der Waals surface area contributed by atoms with E-state index in [2.05, 4.69) is 9.89 Å². The quantitative estimate of drug-likeness (QED) is 0.583. The Labute approximate surface area is 74.4 Å². The molecule has 0 aromatic heterocycles. The van der Waals surface area contributed by atoms with Crippen LogP contribution in [0.1, 0.15) is 12.8 Å². The molecule has 3 nitrogen and oxygen atoms in total. The number of hydrogen-bond donors (Lipinski definition) is 0. The Hall–Kier alpha value is -0.410. The minimum Gasteiger partial charge on any atom is -0.383 e. The van der Waals surface area contributed by atoms with Gasteiger partial charge in [-0.15, -0.1) is 0 Å². The number of likely N-dealkylation sites (tertiary alicyclic amines) is 1. The average Bonchev–Trinajstić information content (AvgIpc) is 2.50. The van der Waals surface area contributed by atoms with Gasteiger partial charge in [0, 0.05) is 33.0 Å². The van der Waals surface area contributed by atoms with Gasteiger partial charge in [0.1, 0.15) is 0 Å². The second kappa shape index (κ2) is 5.27. The van der Waals surface area contributed by atoms with E-state index in [0.29, 0.717) is 6.04 Å². The molecule has 1 saturated heterocycles. The summed E-state index contributed by atoms with van der Waals surface area (Å²) in [6.45, 7) is 3.06. The first-order valence-electron chi connectivity index (χ1n) is 4.53. The molecule has 1 aliphatic heterocycles. The van der Waals surface area contributed by atoms with Crippen LogP contribution < -0.4 is 0 Å². The van der Waals surface area contributed by atoms with Crippen molar-refractivity contribution in [2.24, 2.45) is 4.99 Å². The third kappa shape index (κ3) is 2.57. The molecule has 0 aliphatic carbocycles. The Kier molecular flexibility index (Phi) is 4.25. The molecule has 0 spiro atoms. The van der Waals surface area contributed by atoms with Gasteiger partial charge < -0.3 is 4.74 Å². The molecule has 1 heterocycles. The number of nitrogens with zero attached hydrogens (tertiary/aromatic N) is 2. The number of methoxy groups -OCH3 is 1. The summed E-state index contributed by atoms with van der Waals surface area (Å²) in [5.41, 5.74) is 0. The molecule has 0 bridgehead atoms. The molecule has 70 valence electrons. The maximum atomic E-state index is 5.04. The smallest absolute Gasteiger partial charge is 0.0589 e. The van der Waals surface area contributed by atoms with Gasteiger partial charge in [0.2, 0.25) is 0 Å². The van der Waals surface area contributed by atoms with Crippen molar-refractivity contribution in [2.75, 3.05) is 33.9 Å². The van der Waals surface area contributed by atoms with E-state index in [0.717, 1.165) is 13.2 Å². The monoisotopic (exact) mass is 170 g/mol. The maximum Gasteiger partial charge on any atom is 0.0589 e. The molecule has 1 atom stereocenters. The molecule has 0 saturated carbocycles. The van der Waals surface area contributed by atoms with Crippen molar-refractivity contribution in [3.05, 3.63) is 0 Å². The lowest BCUT2D eigenvalue weighted by atomic mass is 10.2. The summed E-state index contributed by atoms with van der Waals surface area (Å²) < 4.78 is 5.04. The first-order valence-corrected chi connectivity index (χ1v) is 4.53. The van der Waals surface area contributed by atoms with E-state index in [1.54, 1.807) is 7.11 Å². The van der Waals surface area contributed by atoms with E-state index in [9.17, 15) is 0 Å². The zero-order valence-corrected chi connectivity index (χ0v) is 7.99. The fraction of sp³-hybridized carbons (Fsp3) is 0.889. The molecule has 0 aromatic rings. The van der Waals surface area contributed by atoms with Crippen molar-refractivity contribution in [1.29, 1.82) is 0 Å². The van der Waals surface area contributed by atoms with Crippen molar-refractivity contribution in [2.45, 2.75) is 18.9 Å². The van der Waals surface area contributed by atoms with E-state index in [1.807, 2.05) is 13.3 Å². The molecule has 0 N–H and O–H groups in total. The summed E-state index contributed by atoms with van der Waals surface area (Å²) >= 11 is 0. The Bertz CT molecular complexity index is 147. The summed E-state index contributed by atoms with van der Waals surface area (Å²) in [6, 6.07) is 0.560. The SMILES string of the molecule is CN=CC1CCCN1CCOC. The fourth-order valence-corrected chi connectivity index (χ4v) is 1.68. The topological polar surface area (TPSA) is 24.8 Å². The molecule has 12 heavy (non-hydrogen) atoms. The average molecular weight is 170 g/mol. The largest absolute Gasteiger partial charge is 0.383 e. The summed E-state index contributed by atoms with van der Waals surface area (Å²) in [6.07, 6.45) is 4.59. The molecule has 1 rings (SSSR count). The Balaban J connectivity index is 2.30. The number of aliphatic imine (C=N–C) groups is 1. The van der Waals surface area contributed by atoms with Gasteiger partial charge in [-0.05, 0) is 19.4 Å². The van der Waals surface area contributed by atoms with Crippen LogP contribution in [0, 0.1) is 0 Å². The third-order valence-electron chi connectivity index (χ3n) is 2.32. The van der Waals surface area contributed by atoms with Crippen molar-refractivity contribution in [3.63, 3.8) is 0 Å². The second-order valence-corrected chi connectivity index (χ2v) is 3.15. The number of rotatable bonds is 4. The standard InChI is InChI=1S/C9H18N2O/c1-10-8-9-4-3-5-11(9)6-7-12-2/h8-9H,3-7H2,1-2H3. The molecule has 3 heteroatoms. The number of hydrogen-bond acceptors (Lipinski definition) is 3. The van der Waals surface area contributed by atoms with Crippen molar-refractivity contribution in [1.82, 2.24) is 4.90 Å². The summed E-state index contributed by atoms with van der Waals surface area (Å²) in [5.74, 6) is 0. The Morgan fingerprint density at radius 1 is 1.67 bits per heavy atom. The highest BCUT2D eigenvalue weighted by atomic mass is 16.5. The zero-order valence-electron chi connectivity index (χ0n) is 7.99. The number of ether oxygens (including phenoxy) is 1. The van der Waals surface area contributed by atoms with Crippen LogP contribution in [0.15, 0.2) is 4.99 Å². The van der Waals surface area contributed by atoms with Gasteiger partial charge in [-0.1, -0.05) is 0 Å². The normalized spacial score (nSPS) is 25.7. The van der Waals surface area contributed by atoms with Crippen LogP contribution in [0.25, 0.3) is 0 Å². The van der Waals surface area contributed by atoms with Gasteiger partial charge in [0.25, 0.3) is 0 Å². The second-order valence-electron chi connectivity index (χ2n) is 3.15. The van der Waals surface area contributed by atoms with Crippen LogP contribution in [0.4, 0.5) is 0 Å². The lowest BCUT2D eigenvalue weighted by molar-refractivity contribution is 0.154. The zero-order chi connectivity index (χ0) is 8.81. The van der Waals surface area contributed by atoms with Crippen LogP contribution in [0.2, 0.25) is 0 Å². The summed E-state index contributed by atoms with van der Waals surface area (Å²) in [4.78, 5) is 6.50. The molecule has 0 amide bonds. The fourth-order valence-electron chi connectivity index (χ4n) is 1.68. The summed E-state index contributed by atoms with van der Waals surface area (Å²) in [5, 5.41) is 0. The highest BCUT2D eigenvalue weighted by Crippen LogP contribution is 2.14. The lowest BCUT2D eigenvalue weighted by Crippen LogP contribution is -2.33. The van der Waals surface area contributed by atoms with Crippen LogP contribution in [0.5, 0.6) is 0 Å². The predicted molar refractivity (Wildman–Crippen MR) is 50.9 cm³/mol. The van der Waals surface area contributed by atoms with Crippen LogP contribution >= 0.6 is 0 Å². The van der Waals surface area contributed by atoms with Crippen molar-refractivity contribution >= 4 is 6.21 Å². The van der Waals surface area contributed by atoms with Crippen LogP contribution in [-0.4, -0.2) is 51.0 Å². The Morgan fingerprint density at radius 3 is 3.17 bits per heavy atom. The van der Waals surface area contributed by atoms with E-state index in [1.165, 1.54) is 19.4 Å². The van der Waals surface area contributed by atoms with E-state index in [4.69, 9.17) is 4.74 Å². The van der Waals surface area contributed by atoms with Gasteiger partial charge in [0.15, 0.2) is 0 Å². The maximum absolute atomic E-state index is 5.04. The molecule has 1 fully saturated rings. The lowest BCUT2D eigenvalue weighted by Gasteiger charge is -2.20. The van der Waals surface area contributed by atoms with E-state index >= 15 is 0 Å². The molecule has 0 radical (unpaired) electrons. The van der Waals surface area contributed by atoms with Gasteiger partial charge in [-0.2, -0.15) is 0 Å². The van der Waals surface area contributed by atoms with Gasteiger partial charge in [0.05, 0.1) is 6.61 Å².